The Morgan fingerprint density at radius 1 is 1.10 bits per heavy atom. The molecular formula is C24H19N3OS3. The molecule has 0 fully saturated rings. The van der Waals surface area contributed by atoms with Gasteiger partial charge in [-0.05, 0) is 41.4 Å². The minimum Gasteiger partial charge on any atom is -0.349 e. The molecule has 0 unspecified atom stereocenters. The van der Waals surface area contributed by atoms with Crippen molar-refractivity contribution in [2.45, 2.75) is 18.0 Å². The van der Waals surface area contributed by atoms with E-state index in [1.54, 1.807) is 22.7 Å². The predicted molar refractivity (Wildman–Crippen MR) is 129 cm³/mol. The molecule has 4 nitrogen and oxygen atoms in total. The van der Waals surface area contributed by atoms with Gasteiger partial charge in [-0.2, -0.15) is 5.26 Å². The Morgan fingerprint density at radius 3 is 2.45 bits per heavy atom. The summed E-state index contributed by atoms with van der Waals surface area (Å²) in [4.78, 5) is 19.4. The SMILES string of the molecule is C[C@H](NC(=O)CSc1nc(-c2cccs2)cc(-c2cccs2)c1C#N)c1ccccc1. The maximum absolute atomic E-state index is 12.6. The Bertz CT molecular complexity index is 1200. The number of rotatable bonds is 7. The molecule has 0 aliphatic carbocycles. The fraction of sp³-hybridized carbons (Fsp3) is 0.125. The normalized spacial score (nSPS) is 11.6. The molecule has 1 atom stereocenters. The fourth-order valence-electron chi connectivity index (χ4n) is 3.15. The zero-order chi connectivity index (χ0) is 21.6. The van der Waals surface area contributed by atoms with E-state index in [1.165, 1.54) is 11.8 Å². The lowest BCUT2D eigenvalue weighted by molar-refractivity contribution is -0.119. The summed E-state index contributed by atoms with van der Waals surface area (Å²) in [5.74, 6) is 0.0997. The fourth-order valence-corrected chi connectivity index (χ4v) is 5.40. The van der Waals surface area contributed by atoms with E-state index >= 15 is 0 Å². The number of amides is 1. The molecular weight excluding hydrogens is 442 g/mol. The van der Waals surface area contributed by atoms with Crippen molar-refractivity contribution >= 4 is 40.3 Å². The number of pyridine rings is 1. The van der Waals surface area contributed by atoms with Gasteiger partial charge in [0.2, 0.25) is 5.91 Å². The number of carbonyl (C=O) groups excluding carboxylic acids is 1. The minimum absolute atomic E-state index is 0.0863. The van der Waals surface area contributed by atoms with Crippen LogP contribution >= 0.6 is 34.4 Å². The van der Waals surface area contributed by atoms with Gasteiger partial charge in [0.05, 0.1) is 27.9 Å². The molecule has 0 saturated carbocycles. The molecule has 31 heavy (non-hydrogen) atoms. The number of thioether (sulfide) groups is 1. The first-order chi connectivity index (χ1) is 15.2. The van der Waals surface area contributed by atoms with Gasteiger partial charge in [-0.1, -0.05) is 54.2 Å². The molecule has 154 valence electrons. The molecule has 1 amide bonds. The number of nitriles is 1. The van der Waals surface area contributed by atoms with Crippen LogP contribution in [0.5, 0.6) is 0 Å². The third kappa shape index (κ3) is 5.05. The molecule has 1 N–H and O–H groups in total. The first kappa shape index (κ1) is 21.3. The zero-order valence-corrected chi connectivity index (χ0v) is 19.2. The van der Waals surface area contributed by atoms with Crippen molar-refractivity contribution in [1.82, 2.24) is 10.3 Å². The molecule has 0 aliphatic heterocycles. The first-order valence-corrected chi connectivity index (χ1v) is 12.4. The standard InChI is InChI=1S/C24H19N3OS3/c1-16(17-7-3-2-4-8-17)26-23(28)15-31-24-19(14-25)18(21-9-5-11-29-21)13-20(27-24)22-10-6-12-30-22/h2-13,16H,15H2,1H3,(H,26,28)/t16-/m0/s1. The number of benzene rings is 1. The highest BCUT2D eigenvalue weighted by atomic mass is 32.2. The van der Waals surface area contributed by atoms with Crippen molar-refractivity contribution in [3.05, 3.63) is 82.6 Å². The van der Waals surface area contributed by atoms with E-state index in [-0.39, 0.29) is 17.7 Å². The lowest BCUT2D eigenvalue weighted by Gasteiger charge is -2.15. The van der Waals surface area contributed by atoms with E-state index in [2.05, 4.69) is 11.4 Å². The second-order valence-corrected chi connectivity index (χ2v) is 9.65. The summed E-state index contributed by atoms with van der Waals surface area (Å²) < 4.78 is 0. The molecule has 3 aromatic heterocycles. The number of aromatic nitrogens is 1. The average molecular weight is 462 g/mol. The van der Waals surface area contributed by atoms with Crippen LogP contribution in [-0.4, -0.2) is 16.6 Å². The van der Waals surface area contributed by atoms with Crippen LogP contribution in [0.2, 0.25) is 0 Å². The van der Waals surface area contributed by atoms with Crippen LogP contribution in [-0.2, 0) is 4.79 Å². The molecule has 0 spiro atoms. The lowest BCUT2D eigenvalue weighted by atomic mass is 10.1. The average Bonchev–Trinajstić information content (AvgIpc) is 3.52. The molecule has 3 heterocycles. The smallest absolute Gasteiger partial charge is 0.230 e. The molecule has 0 aliphatic rings. The summed E-state index contributed by atoms with van der Waals surface area (Å²) in [6.45, 7) is 1.96. The summed E-state index contributed by atoms with van der Waals surface area (Å²) in [5.41, 5.74) is 3.24. The van der Waals surface area contributed by atoms with Crippen LogP contribution in [0.15, 0.2) is 76.4 Å². The van der Waals surface area contributed by atoms with E-state index in [4.69, 9.17) is 4.98 Å². The summed E-state index contributed by atoms with van der Waals surface area (Å²) in [6.07, 6.45) is 0. The molecule has 4 aromatic rings. The number of thiophene rings is 2. The Hall–Kier alpha value is -2.92. The van der Waals surface area contributed by atoms with Crippen LogP contribution in [0.4, 0.5) is 0 Å². The summed E-state index contributed by atoms with van der Waals surface area (Å²) >= 11 is 4.49. The third-order valence-corrected chi connectivity index (χ3v) is 7.45. The Morgan fingerprint density at radius 2 is 1.81 bits per heavy atom. The zero-order valence-electron chi connectivity index (χ0n) is 16.7. The van der Waals surface area contributed by atoms with Crippen molar-refractivity contribution in [3.63, 3.8) is 0 Å². The van der Waals surface area contributed by atoms with Gasteiger partial charge in [-0.15, -0.1) is 22.7 Å². The number of carbonyl (C=O) groups is 1. The monoisotopic (exact) mass is 461 g/mol. The number of nitrogens with one attached hydrogen (secondary N) is 1. The maximum Gasteiger partial charge on any atom is 0.230 e. The molecule has 0 radical (unpaired) electrons. The summed E-state index contributed by atoms with van der Waals surface area (Å²) in [7, 11) is 0. The summed E-state index contributed by atoms with van der Waals surface area (Å²) in [5, 5.41) is 17.5. The number of hydrogen-bond donors (Lipinski definition) is 1. The van der Waals surface area contributed by atoms with Crippen LogP contribution in [0.25, 0.3) is 21.0 Å². The van der Waals surface area contributed by atoms with E-state index in [9.17, 15) is 10.1 Å². The van der Waals surface area contributed by atoms with Gasteiger partial charge in [0.25, 0.3) is 0 Å². The first-order valence-electron chi connectivity index (χ1n) is 9.65. The van der Waals surface area contributed by atoms with Crippen LogP contribution < -0.4 is 5.32 Å². The molecule has 7 heteroatoms. The highest BCUT2D eigenvalue weighted by Crippen LogP contribution is 2.37. The second kappa shape index (κ2) is 9.92. The molecule has 1 aromatic carbocycles. The largest absolute Gasteiger partial charge is 0.349 e. The number of nitrogens with zero attached hydrogens (tertiary/aromatic N) is 2. The van der Waals surface area contributed by atoms with E-state index in [0.717, 1.165) is 26.6 Å². The Kier molecular flexibility index (Phi) is 6.82. The van der Waals surface area contributed by atoms with Gasteiger partial charge in [0, 0.05) is 10.4 Å². The molecule has 4 rings (SSSR count). The van der Waals surface area contributed by atoms with Gasteiger partial charge in [0.1, 0.15) is 11.1 Å². The number of hydrogen-bond acceptors (Lipinski definition) is 6. The van der Waals surface area contributed by atoms with E-state index in [0.29, 0.717) is 10.6 Å². The van der Waals surface area contributed by atoms with Crippen LogP contribution in [0.1, 0.15) is 24.1 Å². The predicted octanol–water partition coefficient (Wildman–Crippen LogP) is 6.38. The van der Waals surface area contributed by atoms with E-state index < -0.39 is 0 Å². The van der Waals surface area contributed by atoms with Gasteiger partial charge in [0.15, 0.2) is 0 Å². The van der Waals surface area contributed by atoms with Crippen LogP contribution in [0, 0.1) is 11.3 Å². The molecule has 0 bridgehead atoms. The van der Waals surface area contributed by atoms with Gasteiger partial charge < -0.3 is 5.32 Å². The van der Waals surface area contributed by atoms with E-state index in [1.807, 2.05) is 78.3 Å². The maximum atomic E-state index is 12.6. The van der Waals surface area contributed by atoms with Crippen molar-refractivity contribution in [2.75, 3.05) is 5.75 Å². The highest BCUT2D eigenvalue weighted by Gasteiger charge is 2.18. The van der Waals surface area contributed by atoms with Gasteiger partial charge in [-0.25, -0.2) is 4.98 Å². The quantitative estimate of drug-likeness (QED) is 0.324. The third-order valence-electron chi connectivity index (χ3n) is 4.68. The van der Waals surface area contributed by atoms with Gasteiger partial charge >= 0.3 is 0 Å². The topological polar surface area (TPSA) is 65.8 Å². The van der Waals surface area contributed by atoms with Crippen molar-refractivity contribution in [2.24, 2.45) is 0 Å². The van der Waals surface area contributed by atoms with Crippen molar-refractivity contribution < 1.29 is 4.79 Å². The Balaban J connectivity index is 1.58. The second-order valence-electron chi connectivity index (χ2n) is 6.79. The highest BCUT2D eigenvalue weighted by molar-refractivity contribution is 8.00. The van der Waals surface area contributed by atoms with Gasteiger partial charge in [-0.3, -0.25) is 4.79 Å². The van der Waals surface area contributed by atoms with Crippen molar-refractivity contribution in [3.8, 4) is 27.1 Å². The minimum atomic E-state index is -0.0914. The lowest BCUT2D eigenvalue weighted by Crippen LogP contribution is -2.28. The summed E-state index contributed by atoms with van der Waals surface area (Å²) in [6, 6.07) is 22.0. The van der Waals surface area contributed by atoms with Crippen molar-refractivity contribution in [1.29, 1.82) is 5.26 Å². The molecule has 0 saturated heterocycles. The Labute approximate surface area is 193 Å². The van der Waals surface area contributed by atoms with Crippen LogP contribution in [0.3, 0.4) is 0 Å².